The molecule has 0 atom stereocenters. The highest BCUT2D eigenvalue weighted by atomic mass is 32.2. The summed E-state index contributed by atoms with van der Waals surface area (Å²) >= 11 is 0. The lowest BCUT2D eigenvalue weighted by atomic mass is 10.2. The summed E-state index contributed by atoms with van der Waals surface area (Å²) in [4.78, 5) is 12.5. The number of para-hydroxylation sites is 1. The highest BCUT2D eigenvalue weighted by molar-refractivity contribution is 7.92. The van der Waals surface area contributed by atoms with Gasteiger partial charge in [-0.2, -0.15) is 0 Å². The molecule has 0 saturated carbocycles. The van der Waals surface area contributed by atoms with E-state index in [-0.39, 0.29) is 10.8 Å². The molecule has 3 aromatic carbocycles. The van der Waals surface area contributed by atoms with Crippen molar-refractivity contribution >= 4 is 21.6 Å². The number of ether oxygens (including phenoxy) is 1. The maximum Gasteiger partial charge on any atom is 0.262 e. The van der Waals surface area contributed by atoms with Gasteiger partial charge in [-0.05, 0) is 73.9 Å². The minimum atomic E-state index is -3.71. The van der Waals surface area contributed by atoms with Gasteiger partial charge in [0.1, 0.15) is 5.75 Å². The van der Waals surface area contributed by atoms with Crippen molar-refractivity contribution in [2.24, 2.45) is 0 Å². The van der Waals surface area contributed by atoms with Gasteiger partial charge >= 0.3 is 0 Å². The molecule has 0 aliphatic rings. The van der Waals surface area contributed by atoms with E-state index in [1.807, 2.05) is 43.3 Å². The molecule has 0 aliphatic carbocycles. The van der Waals surface area contributed by atoms with E-state index in [2.05, 4.69) is 10.0 Å². The van der Waals surface area contributed by atoms with Gasteiger partial charge in [0.05, 0.1) is 11.5 Å². The van der Waals surface area contributed by atoms with Crippen LogP contribution in [0.2, 0.25) is 0 Å². The Labute approximate surface area is 183 Å². The lowest BCUT2D eigenvalue weighted by Crippen LogP contribution is -2.25. The molecule has 1 amide bonds. The van der Waals surface area contributed by atoms with E-state index in [0.717, 1.165) is 11.3 Å². The molecule has 0 spiro atoms. The fraction of sp³-hybridized carbons (Fsp3) is 0.208. The average molecular weight is 439 g/mol. The topological polar surface area (TPSA) is 84.5 Å². The monoisotopic (exact) mass is 438 g/mol. The van der Waals surface area contributed by atoms with Gasteiger partial charge < -0.3 is 10.1 Å². The summed E-state index contributed by atoms with van der Waals surface area (Å²) in [5, 5.41) is 2.83. The third-order valence-electron chi connectivity index (χ3n) is 4.65. The predicted molar refractivity (Wildman–Crippen MR) is 122 cm³/mol. The van der Waals surface area contributed by atoms with Crippen LogP contribution < -0.4 is 14.8 Å². The summed E-state index contributed by atoms with van der Waals surface area (Å²) in [6.45, 7) is 4.59. The Hall–Kier alpha value is -3.32. The van der Waals surface area contributed by atoms with Crippen molar-refractivity contribution in [1.82, 2.24) is 5.32 Å². The molecule has 31 heavy (non-hydrogen) atoms. The summed E-state index contributed by atoms with van der Waals surface area (Å²) in [6, 6.07) is 21.1. The standard InChI is InChI=1S/C24H26N2O4S/c1-18-9-10-19(2)23(17-18)31(28,29)26-21-13-11-20(12-14-21)24(27)25-15-6-16-30-22-7-4-3-5-8-22/h3-5,7-14,17,26H,6,15-16H2,1-2H3,(H,25,27). The van der Waals surface area contributed by atoms with Gasteiger partial charge in [-0.25, -0.2) is 8.42 Å². The summed E-state index contributed by atoms with van der Waals surface area (Å²) in [5.74, 6) is 0.580. The van der Waals surface area contributed by atoms with Crippen molar-refractivity contribution in [3.05, 3.63) is 89.5 Å². The van der Waals surface area contributed by atoms with Crippen LogP contribution in [0.1, 0.15) is 27.9 Å². The van der Waals surface area contributed by atoms with Gasteiger partial charge in [-0.1, -0.05) is 30.3 Å². The van der Waals surface area contributed by atoms with Gasteiger partial charge in [0, 0.05) is 17.8 Å². The van der Waals surface area contributed by atoms with Crippen LogP contribution in [0.4, 0.5) is 5.69 Å². The number of rotatable bonds is 9. The molecule has 0 bridgehead atoms. The van der Waals surface area contributed by atoms with Crippen LogP contribution in [0.25, 0.3) is 0 Å². The molecule has 0 saturated heterocycles. The number of anilines is 1. The van der Waals surface area contributed by atoms with Gasteiger partial charge in [-0.15, -0.1) is 0 Å². The first-order valence-electron chi connectivity index (χ1n) is 10.0. The third-order valence-corrected chi connectivity index (χ3v) is 6.17. The zero-order valence-corrected chi connectivity index (χ0v) is 18.4. The van der Waals surface area contributed by atoms with E-state index >= 15 is 0 Å². The molecule has 7 heteroatoms. The molecular weight excluding hydrogens is 412 g/mol. The lowest BCUT2D eigenvalue weighted by molar-refractivity contribution is 0.0951. The first-order chi connectivity index (χ1) is 14.8. The summed E-state index contributed by atoms with van der Waals surface area (Å²) in [5.41, 5.74) is 2.39. The van der Waals surface area contributed by atoms with Crippen LogP contribution >= 0.6 is 0 Å². The average Bonchev–Trinajstić information content (AvgIpc) is 2.76. The molecular formula is C24H26N2O4S. The normalized spacial score (nSPS) is 11.0. The molecule has 0 heterocycles. The van der Waals surface area contributed by atoms with Crippen LogP contribution in [-0.4, -0.2) is 27.5 Å². The van der Waals surface area contributed by atoms with E-state index < -0.39 is 10.0 Å². The maximum atomic E-state index is 12.7. The maximum absolute atomic E-state index is 12.7. The van der Waals surface area contributed by atoms with Crippen LogP contribution in [0, 0.1) is 13.8 Å². The quantitative estimate of drug-likeness (QED) is 0.488. The van der Waals surface area contributed by atoms with Gasteiger partial charge in [-0.3, -0.25) is 9.52 Å². The minimum Gasteiger partial charge on any atom is -0.494 e. The van der Waals surface area contributed by atoms with Crippen molar-refractivity contribution in [3.63, 3.8) is 0 Å². The number of nitrogens with one attached hydrogen (secondary N) is 2. The second kappa shape index (κ2) is 10.1. The molecule has 0 fully saturated rings. The van der Waals surface area contributed by atoms with E-state index in [1.54, 1.807) is 43.3 Å². The molecule has 162 valence electrons. The smallest absolute Gasteiger partial charge is 0.262 e. The molecule has 0 unspecified atom stereocenters. The SMILES string of the molecule is Cc1ccc(C)c(S(=O)(=O)Nc2ccc(C(=O)NCCCOc3ccccc3)cc2)c1. The van der Waals surface area contributed by atoms with Crippen molar-refractivity contribution in [1.29, 1.82) is 0 Å². The van der Waals surface area contributed by atoms with Crippen LogP contribution in [0.15, 0.2) is 77.7 Å². The Bertz CT molecular complexity index is 1130. The zero-order chi connectivity index (χ0) is 22.3. The van der Waals surface area contributed by atoms with Crippen molar-refractivity contribution < 1.29 is 17.9 Å². The Balaban J connectivity index is 1.51. The fourth-order valence-electron chi connectivity index (χ4n) is 2.98. The molecule has 3 aromatic rings. The van der Waals surface area contributed by atoms with Gasteiger partial charge in [0.15, 0.2) is 0 Å². The summed E-state index contributed by atoms with van der Waals surface area (Å²) in [6.07, 6.45) is 0.675. The van der Waals surface area contributed by atoms with Crippen molar-refractivity contribution in [2.75, 3.05) is 17.9 Å². The second-order valence-corrected chi connectivity index (χ2v) is 8.87. The second-order valence-electron chi connectivity index (χ2n) is 7.22. The lowest BCUT2D eigenvalue weighted by Gasteiger charge is -2.12. The Morgan fingerprint density at radius 3 is 2.35 bits per heavy atom. The fourth-order valence-corrected chi connectivity index (χ4v) is 4.37. The van der Waals surface area contributed by atoms with E-state index in [9.17, 15) is 13.2 Å². The number of benzene rings is 3. The number of carbonyl (C=O) groups excluding carboxylic acids is 1. The van der Waals surface area contributed by atoms with Crippen molar-refractivity contribution in [3.8, 4) is 5.75 Å². The number of sulfonamides is 1. The zero-order valence-electron chi connectivity index (χ0n) is 17.6. The number of amides is 1. The Morgan fingerprint density at radius 1 is 0.935 bits per heavy atom. The van der Waals surface area contributed by atoms with Crippen molar-refractivity contribution in [2.45, 2.75) is 25.2 Å². The number of hydrogen-bond acceptors (Lipinski definition) is 4. The highest BCUT2D eigenvalue weighted by Gasteiger charge is 2.17. The largest absolute Gasteiger partial charge is 0.494 e. The molecule has 2 N–H and O–H groups in total. The van der Waals surface area contributed by atoms with Gasteiger partial charge in [0.2, 0.25) is 0 Å². The predicted octanol–water partition coefficient (Wildman–Crippen LogP) is 4.30. The van der Waals surface area contributed by atoms with E-state index in [0.29, 0.717) is 36.4 Å². The number of carbonyl (C=O) groups is 1. The Kier molecular flexibility index (Phi) is 7.31. The molecule has 6 nitrogen and oxygen atoms in total. The number of hydrogen-bond donors (Lipinski definition) is 2. The number of aryl methyl sites for hydroxylation is 2. The van der Waals surface area contributed by atoms with Crippen LogP contribution in [-0.2, 0) is 10.0 Å². The molecule has 3 rings (SSSR count). The summed E-state index contributed by atoms with van der Waals surface area (Å²) < 4.78 is 33.6. The first kappa shape index (κ1) is 22.4. The summed E-state index contributed by atoms with van der Waals surface area (Å²) in [7, 11) is -3.71. The Morgan fingerprint density at radius 2 is 1.65 bits per heavy atom. The minimum absolute atomic E-state index is 0.219. The van der Waals surface area contributed by atoms with Crippen LogP contribution in [0.5, 0.6) is 5.75 Å². The highest BCUT2D eigenvalue weighted by Crippen LogP contribution is 2.21. The van der Waals surface area contributed by atoms with Crippen LogP contribution in [0.3, 0.4) is 0 Å². The first-order valence-corrected chi connectivity index (χ1v) is 11.5. The van der Waals surface area contributed by atoms with E-state index in [1.165, 1.54) is 0 Å². The molecule has 0 radical (unpaired) electrons. The van der Waals surface area contributed by atoms with E-state index in [4.69, 9.17) is 4.74 Å². The van der Waals surface area contributed by atoms with Gasteiger partial charge in [0.25, 0.3) is 15.9 Å². The third kappa shape index (κ3) is 6.33. The molecule has 0 aliphatic heterocycles. The molecule has 0 aromatic heterocycles.